The van der Waals surface area contributed by atoms with Gasteiger partial charge in [-0.2, -0.15) is 13.2 Å². The molecular formula is C15H21F3N4O. The van der Waals surface area contributed by atoms with Crippen LogP contribution in [0.4, 0.5) is 19.0 Å². The van der Waals surface area contributed by atoms with Gasteiger partial charge in [0, 0.05) is 30.7 Å². The van der Waals surface area contributed by atoms with Gasteiger partial charge in [-0.1, -0.05) is 0 Å². The molecule has 1 aliphatic rings. The molecule has 0 amide bonds. The largest absolute Gasteiger partial charge is 0.451 e. The molecule has 23 heavy (non-hydrogen) atoms. The number of carbonyl (C=O) groups is 1. The van der Waals surface area contributed by atoms with Crippen LogP contribution in [0, 0.1) is 0 Å². The molecule has 1 aromatic rings. The molecule has 1 aliphatic heterocycles. The maximum Gasteiger partial charge on any atom is 0.451 e. The number of hydrogen-bond acceptors (Lipinski definition) is 5. The predicted molar refractivity (Wildman–Crippen MR) is 80.4 cm³/mol. The van der Waals surface area contributed by atoms with Crippen LogP contribution < -0.4 is 5.32 Å². The average molecular weight is 330 g/mol. The van der Waals surface area contributed by atoms with Crippen LogP contribution in [-0.4, -0.2) is 45.8 Å². The number of alkyl halides is 3. The molecule has 0 unspecified atom stereocenters. The quantitative estimate of drug-likeness (QED) is 0.864. The Morgan fingerprint density at radius 1 is 1.22 bits per heavy atom. The third-order valence-corrected chi connectivity index (χ3v) is 3.92. The van der Waals surface area contributed by atoms with Crippen LogP contribution in [0.25, 0.3) is 0 Å². The molecule has 0 spiro atoms. The number of halogens is 3. The van der Waals surface area contributed by atoms with E-state index in [0.29, 0.717) is 6.29 Å². The monoisotopic (exact) mass is 330 g/mol. The summed E-state index contributed by atoms with van der Waals surface area (Å²) in [6.07, 6.45) is -2.77. The van der Waals surface area contributed by atoms with Crippen molar-refractivity contribution in [2.75, 3.05) is 18.4 Å². The maximum absolute atomic E-state index is 12.8. The summed E-state index contributed by atoms with van der Waals surface area (Å²) in [5.74, 6) is -1.25. The number of nitrogens with zero attached hydrogens (tertiary/aromatic N) is 3. The first-order valence-electron chi connectivity index (χ1n) is 7.52. The van der Waals surface area contributed by atoms with Crippen LogP contribution in [0.1, 0.15) is 49.9 Å². The van der Waals surface area contributed by atoms with Gasteiger partial charge in [0.1, 0.15) is 11.5 Å². The van der Waals surface area contributed by atoms with E-state index in [4.69, 9.17) is 0 Å². The lowest BCUT2D eigenvalue weighted by Crippen LogP contribution is -2.48. The fourth-order valence-corrected chi connectivity index (χ4v) is 2.63. The van der Waals surface area contributed by atoms with E-state index in [0.717, 1.165) is 25.9 Å². The van der Waals surface area contributed by atoms with Crippen LogP contribution in [0.15, 0.2) is 6.07 Å². The zero-order chi connectivity index (χ0) is 17.3. The second kappa shape index (κ2) is 6.43. The van der Waals surface area contributed by atoms with Gasteiger partial charge >= 0.3 is 6.18 Å². The highest BCUT2D eigenvalue weighted by Gasteiger charge is 2.35. The molecule has 1 saturated heterocycles. The Bertz CT molecular complexity index is 561. The smallest absolute Gasteiger partial charge is 0.367 e. The van der Waals surface area contributed by atoms with Gasteiger partial charge in [0.15, 0.2) is 6.29 Å². The zero-order valence-electron chi connectivity index (χ0n) is 13.4. The molecule has 128 valence electrons. The fourth-order valence-electron chi connectivity index (χ4n) is 2.63. The van der Waals surface area contributed by atoms with Crippen molar-refractivity contribution < 1.29 is 18.0 Å². The number of likely N-dealkylation sites (tertiary alicyclic amines) is 1. The summed E-state index contributed by atoms with van der Waals surface area (Å²) in [7, 11) is 0. The van der Waals surface area contributed by atoms with Crippen molar-refractivity contribution in [3.63, 3.8) is 0 Å². The van der Waals surface area contributed by atoms with Gasteiger partial charge in [0.25, 0.3) is 0 Å². The van der Waals surface area contributed by atoms with E-state index in [1.807, 2.05) is 0 Å². The number of hydrogen-bond donors (Lipinski definition) is 1. The second-order valence-corrected chi connectivity index (χ2v) is 6.69. The highest BCUT2D eigenvalue weighted by Crippen LogP contribution is 2.28. The molecule has 2 heterocycles. The van der Waals surface area contributed by atoms with Gasteiger partial charge in [-0.3, -0.25) is 9.69 Å². The number of anilines is 1. The molecule has 0 radical (unpaired) electrons. The summed E-state index contributed by atoms with van der Waals surface area (Å²) in [6.45, 7) is 8.13. The molecule has 0 atom stereocenters. The highest BCUT2D eigenvalue weighted by atomic mass is 19.4. The molecule has 1 fully saturated rings. The predicted octanol–water partition coefficient (Wildman–Crippen LogP) is 2.98. The number of aldehydes is 1. The fraction of sp³-hybridized carbons (Fsp3) is 0.667. The van der Waals surface area contributed by atoms with Crippen molar-refractivity contribution >= 4 is 12.1 Å². The summed E-state index contributed by atoms with van der Waals surface area (Å²) >= 11 is 0. The van der Waals surface area contributed by atoms with Crippen molar-refractivity contribution in [2.45, 2.75) is 51.4 Å². The molecule has 0 bridgehead atoms. The summed E-state index contributed by atoms with van der Waals surface area (Å²) in [6, 6.07) is 1.28. The molecular weight excluding hydrogens is 309 g/mol. The lowest BCUT2D eigenvalue weighted by Gasteiger charge is -2.41. The van der Waals surface area contributed by atoms with Crippen LogP contribution >= 0.6 is 0 Å². The maximum atomic E-state index is 12.8. The van der Waals surface area contributed by atoms with Crippen molar-refractivity contribution in [1.82, 2.24) is 14.9 Å². The van der Waals surface area contributed by atoms with Crippen LogP contribution in [0.2, 0.25) is 0 Å². The van der Waals surface area contributed by atoms with Crippen LogP contribution in [-0.2, 0) is 6.18 Å². The standard InChI is InChI=1S/C15H21F3N4O/c1-14(2,3)22-6-4-10(5-7-22)19-12-8-11(9-23)20-13(21-12)15(16,17)18/h8-10H,4-7H2,1-3H3,(H,19,20,21). The molecule has 8 heteroatoms. The Labute approximate surface area is 133 Å². The van der Waals surface area contributed by atoms with Gasteiger partial charge in [0.05, 0.1) is 0 Å². The number of aromatic nitrogens is 2. The van der Waals surface area contributed by atoms with E-state index >= 15 is 0 Å². The molecule has 5 nitrogen and oxygen atoms in total. The minimum absolute atomic E-state index is 0.0316. The Balaban J connectivity index is 2.08. The van der Waals surface area contributed by atoms with Crippen molar-refractivity contribution in [3.8, 4) is 0 Å². The van der Waals surface area contributed by atoms with E-state index in [-0.39, 0.29) is 23.1 Å². The minimum Gasteiger partial charge on any atom is -0.367 e. The van der Waals surface area contributed by atoms with Crippen molar-refractivity contribution in [2.24, 2.45) is 0 Å². The van der Waals surface area contributed by atoms with E-state index in [1.165, 1.54) is 6.07 Å². The third kappa shape index (κ3) is 4.63. The average Bonchev–Trinajstić information content (AvgIpc) is 2.45. The normalized spacial score (nSPS) is 18.0. The van der Waals surface area contributed by atoms with Crippen molar-refractivity contribution in [3.05, 3.63) is 17.6 Å². The first kappa shape index (κ1) is 17.7. The Hall–Kier alpha value is -1.70. The van der Waals surface area contributed by atoms with E-state index in [1.54, 1.807) is 0 Å². The van der Waals surface area contributed by atoms with E-state index in [2.05, 4.69) is 41.0 Å². The first-order valence-corrected chi connectivity index (χ1v) is 7.52. The lowest BCUT2D eigenvalue weighted by molar-refractivity contribution is -0.144. The zero-order valence-corrected chi connectivity index (χ0v) is 13.4. The summed E-state index contributed by atoms with van der Waals surface area (Å²) in [5, 5.41) is 3.00. The van der Waals surface area contributed by atoms with E-state index < -0.39 is 12.0 Å². The lowest BCUT2D eigenvalue weighted by atomic mass is 9.98. The molecule has 1 N–H and O–H groups in total. The van der Waals surface area contributed by atoms with Crippen LogP contribution in [0.3, 0.4) is 0 Å². The Morgan fingerprint density at radius 3 is 2.30 bits per heavy atom. The molecule has 2 rings (SSSR count). The van der Waals surface area contributed by atoms with E-state index in [9.17, 15) is 18.0 Å². The Kier molecular flexibility index (Phi) is 4.93. The van der Waals surface area contributed by atoms with Gasteiger partial charge in [0.2, 0.25) is 5.82 Å². The second-order valence-electron chi connectivity index (χ2n) is 6.69. The van der Waals surface area contributed by atoms with Crippen LogP contribution in [0.5, 0.6) is 0 Å². The third-order valence-electron chi connectivity index (χ3n) is 3.92. The van der Waals surface area contributed by atoms with Gasteiger partial charge in [-0.25, -0.2) is 9.97 Å². The number of carbonyl (C=O) groups excluding carboxylic acids is 1. The minimum atomic E-state index is -4.68. The molecule has 0 aromatic carbocycles. The highest BCUT2D eigenvalue weighted by molar-refractivity contribution is 5.73. The summed E-state index contributed by atoms with van der Waals surface area (Å²) in [5.41, 5.74) is -0.199. The van der Waals surface area contributed by atoms with Crippen molar-refractivity contribution in [1.29, 1.82) is 0 Å². The summed E-state index contributed by atoms with van der Waals surface area (Å²) < 4.78 is 38.3. The topological polar surface area (TPSA) is 58.1 Å². The number of rotatable bonds is 3. The summed E-state index contributed by atoms with van der Waals surface area (Å²) in [4.78, 5) is 19.8. The van der Waals surface area contributed by atoms with Gasteiger partial charge in [-0.05, 0) is 33.6 Å². The van der Waals surface area contributed by atoms with Gasteiger partial charge < -0.3 is 5.32 Å². The Morgan fingerprint density at radius 2 is 1.83 bits per heavy atom. The number of piperidine rings is 1. The molecule has 1 aromatic heterocycles. The molecule has 0 saturated carbocycles. The number of nitrogens with one attached hydrogen (secondary N) is 1. The SMILES string of the molecule is CC(C)(C)N1CCC(Nc2cc(C=O)nc(C(F)(F)F)n2)CC1. The van der Waals surface area contributed by atoms with Gasteiger partial charge in [-0.15, -0.1) is 0 Å². The first-order chi connectivity index (χ1) is 10.6. The molecule has 0 aliphatic carbocycles.